The second-order valence-corrected chi connectivity index (χ2v) is 9.20. The van der Waals surface area contributed by atoms with Gasteiger partial charge in [0.05, 0.1) is 5.69 Å². The lowest BCUT2D eigenvalue weighted by atomic mass is 10.1. The Bertz CT molecular complexity index is 907. The summed E-state index contributed by atoms with van der Waals surface area (Å²) in [6, 6.07) is 7.68. The van der Waals surface area contributed by atoms with Crippen LogP contribution in [0.25, 0.3) is 10.4 Å². The van der Waals surface area contributed by atoms with Crippen molar-refractivity contribution in [3.05, 3.63) is 41.0 Å². The third-order valence-electron chi connectivity index (χ3n) is 4.48. The number of nitrogens with two attached hydrogens (primary N) is 1. The van der Waals surface area contributed by atoms with E-state index in [1.165, 1.54) is 23.5 Å². The van der Waals surface area contributed by atoms with Crippen LogP contribution in [0.2, 0.25) is 0 Å². The van der Waals surface area contributed by atoms with Crippen LogP contribution in [0.5, 0.6) is 0 Å². The Morgan fingerprint density at radius 3 is 2.76 bits per heavy atom. The van der Waals surface area contributed by atoms with E-state index in [9.17, 15) is 14.0 Å². The zero-order valence-electron chi connectivity index (χ0n) is 16.8. The maximum atomic E-state index is 13.5. The molecule has 1 atom stereocenters. The number of hydrogen-bond donors (Lipinski definition) is 2. The van der Waals surface area contributed by atoms with E-state index in [1.807, 2.05) is 20.8 Å². The molecule has 29 heavy (non-hydrogen) atoms. The van der Waals surface area contributed by atoms with E-state index in [4.69, 9.17) is 10.5 Å². The minimum absolute atomic E-state index is 0.178. The number of benzene rings is 1. The fraction of sp³-hybridized carbons (Fsp3) is 0.429. The molecule has 0 aliphatic carbocycles. The number of nitrogens with one attached hydrogen (secondary N) is 1. The van der Waals surface area contributed by atoms with Crippen molar-refractivity contribution in [1.29, 1.82) is 0 Å². The molecule has 1 aliphatic rings. The number of ether oxygens (including phenoxy) is 1. The molecule has 8 heteroatoms. The summed E-state index contributed by atoms with van der Waals surface area (Å²) in [6.45, 7) is 6.46. The van der Waals surface area contributed by atoms with Gasteiger partial charge in [0, 0.05) is 24.0 Å². The quantitative estimate of drug-likeness (QED) is 0.778. The highest BCUT2D eigenvalue weighted by Crippen LogP contribution is 2.33. The molecule has 3 rings (SSSR count). The van der Waals surface area contributed by atoms with Gasteiger partial charge in [-0.2, -0.15) is 0 Å². The summed E-state index contributed by atoms with van der Waals surface area (Å²) < 4.78 is 18.9. The van der Waals surface area contributed by atoms with Crippen LogP contribution in [0.3, 0.4) is 0 Å². The van der Waals surface area contributed by atoms with Gasteiger partial charge in [0.15, 0.2) is 0 Å². The van der Waals surface area contributed by atoms with Crippen LogP contribution in [-0.4, -0.2) is 41.6 Å². The molecule has 0 radical (unpaired) electrons. The van der Waals surface area contributed by atoms with Crippen molar-refractivity contribution in [2.45, 2.75) is 45.3 Å². The van der Waals surface area contributed by atoms with Gasteiger partial charge in [-0.3, -0.25) is 4.79 Å². The highest BCUT2D eigenvalue weighted by atomic mass is 32.1. The molecule has 1 aromatic carbocycles. The van der Waals surface area contributed by atoms with Crippen LogP contribution in [0.15, 0.2) is 30.3 Å². The van der Waals surface area contributed by atoms with Gasteiger partial charge in [-0.05, 0) is 57.4 Å². The molecule has 0 spiro atoms. The summed E-state index contributed by atoms with van der Waals surface area (Å²) in [5, 5.41) is 2.97. The van der Waals surface area contributed by atoms with E-state index < -0.39 is 5.60 Å². The Labute approximate surface area is 173 Å². The minimum Gasteiger partial charge on any atom is -0.444 e. The number of rotatable bonds is 3. The summed E-state index contributed by atoms with van der Waals surface area (Å²) in [7, 11) is 0. The Balaban J connectivity index is 1.66. The lowest BCUT2D eigenvalue weighted by Gasteiger charge is -2.34. The maximum absolute atomic E-state index is 13.5. The number of hydrogen-bond acceptors (Lipinski definition) is 5. The standard InChI is InChI=1S/C21H26FN3O3S/c1-21(2,3)28-20(27)25-9-5-8-15(12-25)24-19(26)18-16(23)11-17(29-18)13-6-4-7-14(22)10-13/h4,6-7,10-11,15H,5,8-9,12,23H2,1-3H3,(H,24,26). The third kappa shape index (κ3) is 5.47. The van der Waals surface area contributed by atoms with Crippen molar-refractivity contribution in [2.75, 3.05) is 18.8 Å². The third-order valence-corrected chi connectivity index (χ3v) is 5.68. The summed E-state index contributed by atoms with van der Waals surface area (Å²) in [5.74, 6) is -0.629. The average molecular weight is 420 g/mol. The molecule has 1 unspecified atom stereocenters. The lowest BCUT2D eigenvalue weighted by molar-refractivity contribution is 0.0186. The van der Waals surface area contributed by atoms with Gasteiger partial charge < -0.3 is 20.7 Å². The van der Waals surface area contributed by atoms with E-state index in [-0.39, 0.29) is 23.9 Å². The molecule has 1 fully saturated rings. The van der Waals surface area contributed by atoms with Crippen molar-refractivity contribution >= 4 is 29.0 Å². The molecule has 2 heterocycles. The predicted molar refractivity (Wildman–Crippen MR) is 112 cm³/mol. The van der Waals surface area contributed by atoms with Crippen LogP contribution in [0, 0.1) is 5.82 Å². The van der Waals surface area contributed by atoms with Crippen molar-refractivity contribution in [1.82, 2.24) is 10.2 Å². The first-order chi connectivity index (χ1) is 13.6. The van der Waals surface area contributed by atoms with Gasteiger partial charge in [-0.15, -0.1) is 11.3 Å². The monoisotopic (exact) mass is 419 g/mol. The van der Waals surface area contributed by atoms with Crippen LogP contribution in [0.4, 0.5) is 14.9 Å². The highest BCUT2D eigenvalue weighted by molar-refractivity contribution is 7.18. The first kappa shape index (κ1) is 21.1. The first-order valence-corrected chi connectivity index (χ1v) is 10.4. The number of nitrogens with zero attached hydrogens (tertiary/aromatic N) is 1. The zero-order valence-corrected chi connectivity index (χ0v) is 17.6. The smallest absolute Gasteiger partial charge is 0.410 e. The van der Waals surface area contributed by atoms with E-state index in [2.05, 4.69) is 5.32 Å². The summed E-state index contributed by atoms with van der Waals surface area (Å²) in [6.07, 6.45) is 1.17. The van der Waals surface area contributed by atoms with Crippen LogP contribution in [0.1, 0.15) is 43.3 Å². The predicted octanol–water partition coefficient (Wildman–Crippen LogP) is 4.27. The lowest BCUT2D eigenvalue weighted by Crippen LogP contribution is -2.50. The number of carbonyl (C=O) groups excluding carboxylic acids is 2. The van der Waals surface area contributed by atoms with E-state index in [1.54, 1.807) is 23.1 Å². The van der Waals surface area contributed by atoms with Gasteiger partial charge in [0.1, 0.15) is 16.3 Å². The molecule has 0 saturated carbocycles. The largest absolute Gasteiger partial charge is 0.444 e. The van der Waals surface area contributed by atoms with Gasteiger partial charge >= 0.3 is 6.09 Å². The summed E-state index contributed by atoms with van der Waals surface area (Å²) >= 11 is 1.22. The minimum atomic E-state index is -0.563. The number of piperidine rings is 1. The van der Waals surface area contributed by atoms with Crippen LogP contribution >= 0.6 is 11.3 Å². The number of thiophene rings is 1. The molecule has 1 aromatic heterocycles. The first-order valence-electron chi connectivity index (χ1n) is 9.56. The molecule has 1 aliphatic heterocycles. The number of carbonyl (C=O) groups is 2. The zero-order chi connectivity index (χ0) is 21.2. The Kier molecular flexibility index (Phi) is 6.12. The topological polar surface area (TPSA) is 84.7 Å². The van der Waals surface area contributed by atoms with Gasteiger partial charge in [-0.25, -0.2) is 9.18 Å². The second-order valence-electron chi connectivity index (χ2n) is 8.14. The molecular formula is C21H26FN3O3S. The fourth-order valence-electron chi connectivity index (χ4n) is 3.20. The van der Waals surface area contributed by atoms with Gasteiger partial charge in [0.2, 0.25) is 0 Å². The van der Waals surface area contributed by atoms with Crippen molar-refractivity contribution in [3.63, 3.8) is 0 Å². The molecule has 2 aromatic rings. The molecule has 1 saturated heterocycles. The molecular weight excluding hydrogens is 393 g/mol. The molecule has 3 N–H and O–H groups in total. The van der Waals surface area contributed by atoms with Crippen molar-refractivity contribution in [3.8, 4) is 10.4 Å². The Hall–Kier alpha value is -2.61. The normalized spacial score (nSPS) is 17.1. The van der Waals surface area contributed by atoms with E-state index in [0.717, 1.165) is 17.7 Å². The number of halogens is 1. The average Bonchev–Trinajstić information content (AvgIpc) is 3.02. The molecule has 2 amide bonds. The number of nitrogen functional groups attached to an aromatic ring is 1. The molecule has 6 nitrogen and oxygen atoms in total. The highest BCUT2D eigenvalue weighted by Gasteiger charge is 2.29. The van der Waals surface area contributed by atoms with Crippen molar-refractivity contribution < 1.29 is 18.7 Å². The number of amides is 2. The molecule has 0 bridgehead atoms. The van der Waals surface area contributed by atoms with Gasteiger partial charge in [0.25, 0.3) is 5.91 Å². The fourth-order valence-corrected chi connectivity index (χ4v) is 4.18. The number of anilines is 1. The van der Waals surface area contributed by atoms with Crippen LogP contribution in [-0.2, 0) is 4.74 Å². The van der Waals surface area contributed by atoms with Gasteiger partial charge in [-0.1, -0.05) is 12.1 Å². The van der Waals surface area contributed by atoms with E-state index in [0.29, 0.717) is 29.2 Å². The summed E-state index contributed by atoms with van der Waals surface area (Å²) in [4.78, 5) is 27.8. The SMILES string of the molecule is CC(C)(C)OC(=O)N1CCCC(NC(=O)c2sc(-c3cccc(F)c3)cc2N)C1. The maximum Gasteiger partial charge on any atom is 0.410 e. The van der Waals surface area contributed by atoms with Crippen molar-refractivity contribution in [2.24, 2.45) is 0 Å². The Morgan fingerprint density at radius 2 is 2.07 bits per heavy atom. The second kappa shape index (κ2) is 8.41. The van der Waals surface area contributed by atoms with Crippen LogP contribution < -0.4 is 11.1 Å². The Morgan fingerprint density at radius 1 is 1.31 bits per heavy atom. The molecule has 156 valence electrons. The summed E-state index contributed by atoms with van der Waals surface area (Å²) in [5.41, 5.74) is 6.50. The number of likely N-dealkylation sites (tertiary alicyclic amines) is 1. The van der Waals surface area contributed by atoms with E-state index >= 15 is 0 Å².